The molecule has 3 rings (SSSR count). The van der Waals surface area contributed by atoms with Crippen molar-refractivity contribution in [3.05, 3.63) is 12.7 Å². The molecule has 1 aliphatic carbocycles. The molecule has 0 radical (unpaired) electrons. The zero-order valence-electron chi connectivity index (χ0n) is 20.1. The number of anilines is 1. The first-order valence-electron chi connectivity index (χ1n) is 11.5. The summed E-state index contributed by atoms with van der Waals surface area (Å²) >= 11 is 0. The number of aromatic nitrogens is 4. The van der Waals surface area contributed by atoms with Gasteiger partial charge in [0.25, 0.3) is 0 Å². The summed E-state index contributed by atoms with van der Waals surface area (Å²) in [5, 5.41) is 13.8. The van der Waals surface area contributed by atoms with E-state index in [9.17, 15) is 14.5 Å². The van der Waals surface area contributed by atoms with Crippen molar-refractivity contribution in [1.29, 1.82) is 0 Å². The van der Waals surface area contributed by atoms with Crippen LogP contribution >= 0.6 is 7.52 Å². The Morgan fingerprint density at radius 3 is 2.59 bits per heavy atom. The maximum Gasteiger partial charge on any atom is 0.367 e. The largest absolute Gasteiger partial charge is 0.480 e. The number of carboxylic acids is 1. The third-order valence-electron chi connectivity index (χ3n) is 5.77. The second-order valence-corrected chi connectivity index (χ2v) is 11.0. The number of rotatable bonds is 11. The van der Waals surface area contributed by atoms with Crippen molar-refractivity contribution in [2.24, 2.45) is 5.16 Å². The molecule has 2 aromatic rings. The maximum atomic E-state index is 14.1. The topological polar surface area (TPSA) is 158 Å². The van der Waals surface area contributed by atoms with Gasteiger partial charge in [0, 0.05) is 6.04 Å². The molecule has 0 bridgehead atoms. The Bertz CT molecular complexity index is 1060. The Labute approximate surface area is 199 Å². The highest BCUT2D eigenvalue weighted by Crippen LogP contribution is 2.54. The Morgan fingerprint density at radius 1 is 1.24 bits per heavy atom. The van der Waals surface area contributed by atoms with Crippen LogP contribution in [0.5, 0.6) is 0 Å². The molecule has 3 unspecified atom stereocenters. The molecule has 1 fully saturated rings. The van der Waals surface area contributed by atoms with E-state index >= 15 is 0 Å². The fourth-order valence-electron chi connectivity index (χ4n) is 4.06. The van der Waals surface area contributed by atoms with E-state index in [1.807, 2.05) is 6.92 Å². The molecule has 1 aliphatic rings. The van der Waals surface area contributed by atoms with E-state index in [1.54, 1.807) is 24.7 Å². The van der Waals surface area contributed by atoms with Gasteiger partial charge in [0.2, 0.25) is 0 Å². The number of nitrogens with two attached hydrogens (primary N) is 1. The average molecular weight is 496 g/mol. The summed E-state index contributed by atoms with van der Waals surface area (Å²) < 4.78 is 28.8. The summed E-state index contributed by atoms with van der Waals surface area (Å²) in [6, 6.07) is -1.42. The number of imidazole rings is 1. The third kappa shape index (κ3) is 6.11. The van der Waals surface area contributed by atoms with Gasteiger partial charge in [0.1, 0.15) is 24.2 Å². The second-order valence-electron chi connectivity index (χ2n) is 8.86. The number of nitrogens with zero attached hydrogens (tertiary/aromatic N) is 6. The summed E-state index contributed by atoms with van der Waals surface area (Å²) in [7, 11) is -3.79. The summed E-state index contributed by atoms with van der Waals surface area (Å²) in [6.07, 6.45) is 6.93. The first-order chi connectivity index (χ1) is 16.1. The number of nitrogen functional groups attached to an aromatic ring is 1. The molecule has 12 nitrogen and oxygen atoms in total. The average Bonchev–Trinajstić information content (AvgIpc) is 3.21. The van der Waals surface area contributed by atoms with Gasteiger partial charge in [-0.05, 0) is 53.4 Å². The van der Waals surface area contributed by atoms with Crippen LogP contribution in [-0.2, 0) is 25.3 Å². The fraction of sp³-hybridized carbons (Fsp3) is 0.667. The third-order valence-corrected chi connectivity index (χ3v) is 8.09. The van der Waals surface area contributed by atoms with Crippen LogP contribution in [0.25, 0.3) is 11.2 Å². The SMILES string of the molecule is CC(Cn1cnc2c(N)ncnc21)OCP(=O)(ON=C1CCCCC1)N(C(C)C)C(C)C(=O)O. The van der Waals surface area contributed by atoms with Gasteiger partial charge < -0.3 is 24.8 Å². The van der Waals surface area contributed by atoms with Crippen molar-refractivity contribution in [1.82, 2.24) is 24.2 Å². The van der Waals surface area contributed by atoms with Gasteiger partial charge in [-0.25, -0.2) is 19.6 Å². The van der Waals surface area contributed by atoms with Gasteiger partial charge in [-0.2, -0.15) is 0 Å². The van der Waals surface area contributed by atoms with Gasteiger partial charge in [0.15, 0.2) is 11.5 Å². The summed E-state index contributed by atoms with van der Waals surface area (Å²) in [4.78, 5) is 24.2. The number of carbonyl (C=O) groups is 1. The molecule has 34 heavy (non-hydrogen) atoms. The summed E-state index contributed by atoms with van der Waals surface area (Å²) in [6.45, 7) is 7.20. The van der Waals surface area contributed by atoms with E-state index in [4.69, 9.17) is 15.1 Å². The number of oxime groups is 1. The zero-order valence-corrected chi connectivity index (χ0v) is 21.0. The number of aliphatic carboxylic acids is 1. The van der Waals surface area contributed by atoms with Crippen molar-refractivity contribution < 1.29 is 23.8 Å². The normalized spacial score (nSPS) is 18.1. The van der Waals surface area contributed by atoms with Gasteiger partial charge >= 0.3 is 13.5 Å². The molecule has 0 aromatic carbocycles. The molecular formula is C21H34N7O5P. The van der Waals surface area contributed by atoms with Crippen molar-refractivity contribution in [2.75, 3.05) is 12.1 Å². The Morgan fingerprint density at radius 2 is 1.94 bits per heavy atom. The molecule has 3 atom stereocenters. The lowest BCUT2D eigenvalue weighted by Crippen LogP contribution is -2.42. The minimum absolute atomic E-state index is 0.285. The van der Waals surface area contributed by atoms with Crippen LogP contribution in [0.3, 0.4) is 0 Å². The van der Waals surface area contributed by atoms with Gasteiger partial charge in [-0.3, -0.25) is 9.36 Å². The van der Waals surface area contributed by atoms with Crippen LogP contribution in [0, 0.1) is 0 Å². The number of hydrogen-bond donors (Lipinski definition) is 2. The minimum Gasteiger partial charge on any atom is -0.480 e. The first kappa shape index (κ1) is 26.1. The highest BCUT2D eigenvalue weighted by Gasteiger charge is 2.42. The van der Waals surface area contributed by atoms with E-state index in [2.05, 4.69) is 20.1 Å². The lowest BCUT2D eigenvalue weighted by Gasteiger charge is -2.35. The molecule has 2 aromatic heterocycles. The number of fused-ring (bicyclic) bond motifs is 1. The Kier molecular flexibility index (Phi) is 8.62. The molecule has 0 aliphatic heterocycles. The van der Waals surface area contributed by atoms with Crippen LogP contribution in [-0.4, -0.2) is 65.5 Å². The quantitative estimate of drug-likeness (QED) is 0.349. The number of carboxylic acid groups (broad SMARTS) is 1. The predicted octanol–water partition coefficient (Wildman–Crippen LogP) is 3.48. The van der Waals surface area contributed by atoms with E-state index < -0.39 is 25.6 Å². The molecule has 0 amide bonds. The lowest BCUT2D eigenvalue weighted by molar-refractivity contribution is -0.141. The van der Waals surface area contributed by atoms with Crippen molar-refractivity contribution in [3.63, 3.8) is 0 Å². The van der Waals surface area contributed by atoms with Crippen LogP contribution in [0.4, 0.5) is 5.82 Å². The maximum absolute atomic E-state index is 14.1. The lowest BCUT2D eigenvalue weighted by atomic mass is 9.99. The second kappa shape index (κ2) is 11.2. The van der Waals surface area contributed by atoms with E-state index in [1.165, 1.54) is 17.9 Å². The van der Waals surface area contributed by atoms with E-state index in [0.29, 0.717) is 17.7 Å². The molecule has 2 heterocycles. The van der Waals surface area contributed by atoms with Crippen LogP contribution in [0.2, 0.25) is 0 Å². The van der Waals surface area contributed by atoms with Crippen LogP contribution in [0.15, 0.2) is 17.8 Å². The first-order valence-corrected chi connectivity index (χ1v) is 13.3. The van der Waals surface area contributed by atoms with Gasteiger partial charge in [0.05, 0.1) is 24.7 Å². The number of ether oxygens (including phenoxy) is 1. The van der Waals surface area contributed by atoms with Crippen molar-refractivity contribution in [3.8, 4) is 0 Å². The molecule has 0 saturated heterocycles. The van der Waals surface area contributed by atoms with Crippen molar-refractivity contribution in [2.45, 2.75) is 84.5 Å². The summed E-state index contributed by atoms with van der Waals surface area (Å²) in [5.74, 6) is -0.815. The van der Waals surface area contributed by atoms with Crippen molar-refractivity contribution >= 4 is 36.2 Å². The highest BCUT2D eigenvalue weighted by molar-refractivity contribution is 7.56. The zero-order chi connectivity index (χ0) is 24.9. The molecular weight excluding hydrogens is 461 g/mol. The van der Waals surface area contributed by atoms with Crippen LogP contribution < -0.4 is 5.73 Å². The predicted molar refractivity (Wildman–Crippen MR) is 128 cm³/mol. The minimum atomic E-state index is -3.79. The van der Waals surface area contributed by atoms with Gasteiger partial charge in [-0.1, -0.05) is 11.6 Å². The monoisotopic (exact) mass is 495 g/mol. The summed E-state index contributed by atoms with van der Waals surface area (Å²) in [5.41, 5.74) is 7.75. The molecule has 3 N–H and O–H groups in total. The molecule has 13 heteroatoms. The number of hydrogen-bond acceptors (Lipinski definition) is 9. The van der Waals surface area contributed by atoms with E-state index in [0.717, 1.165) is 37.8 Å². The molecule has 188 valence electrons. The highest BCUT2D eigenvalue weighted by atomic mass is 31.2. The van der Waals surface area contributed by atoms with E-state index in [-0.39, 0.29) is 18.2 Å². The van der Waals surface area contributed by atoms with Crippen LogP contribution in [0.1, 0.15) is 59.8 Å². The van der Waals surface area contributed by atoms with Gasteiger partial charge in [-0.15, -0.1) is 0 Å². The molecule has 1 saturated carbocycles. The fourth-order valence-corrected chi connectivity index (χ4v) is 6.35. The Hall–Kier alpha value is -2.56. The smallest absolute Gasteiger partial charge is 0.367 e. The molecule has 0 spiro atoms. The standard InChI is InChI=1S/C21H34N7O5P/c1-14(2)28(16(4)21(29)30)34(31,33-26-17-8-6-5-7-9-17)13-32-15(3)10-27-12-25-18-19(22)23-11-24-20(18)27/h11-12,14-16H,5-10,13H2,1-4H3,(H,29,30)(H2,22,23,24). The Balaban J connectivity index is 1.78.